The van der Waals surface area contributed by atoms with E-state index in [1.165, 1.54) is 26.0 Å². The van der Waals surface area contributed by atoms with E-state index in [0.29, 0.717) is 0 Å². The molecule has 0 aliphatic heterocycles. The first-order chi connectivity index (χ1) is 6.37. The molecule has 0 bridgehead atoms. The summed E-state index contributed by atoms with van der Waals surface area (Å²) in [5.74, 6) is -2.00. The minimum Gasteiger partial charge on any atom is -0.280 e. The Bertz CT molecular complexity index is 374. The van der Waals surface area contributed by atoms with E-state index in [1.54, 1.807) is 0 Å². The van der Waals surface area contributed by atoms with Crippen molar-refractivity contribution in [2.75, 3.05) is 0 Å². The maximum absolute atomic E-state index is 13.3. The predicted molar refractivity (Wildman–Crippen MR) is 50.2 cm³/mol. The summed E-state index contributed by atoms with van der Waals surface area (Å²) in [5, 5.41) is -0.720. The van der Waals surface area contributed by atoms with Gasteiger partial charge in [-0.1, -0.05) is 12.1 Å². The van der Waals surface area contributed by atoms with Crippen molar-refractivity contribution in [3.8, 4) is 0 Å². The summed E-state index contributed by atoms with van der Waals surface area (Å²) in [6.45, 7) is 2.89. The van der Waals surface area contributed by atoms with E-state index < -0.39 is 22.3 Å². The molecule has 4 heteroatoms. The van der Waals surface area contributed by atoms with Crippen molar-refractivity contribution < 1.29 is 13.6 Å². The van der Waals surface area contributed by atoms with Crippen LogP contribution >= 0.6 is 11.6 Å². The van der Waals surface area contributed by atoms with E-state index >= 15 is 0 Å². The van der Waals surface area contributed by atoms with Gasteiger partial charge in [-0.2, -0.15) is 0 Å². The average molecular weight is 219 g/mol. The Labute approximate surface area is 85.7 Å². The maximum atomic E-state index is 13.3. The fraction of sp³-hybridized carbons (Fsp3) is 0.300. The second-order valence-electron chi connectivity index (χ2n) is 3.50. The number of hydrogen-bond donors (Lipinski definition) is 0. The van der Waals surface area contributed by atoms with Crippen LogP contribution in [0.4, 0.5) is 8.78 Å². The van der Waals surface area contributed by atoms with Gasteiger partial charge in [-0.15, -0.1) is 0 Å². The van der Waals surface area contributed by atoms with Gasteiger partial charge >= 0.3 is 0 Å². The zero-order valence-electron chi connectivity index (χ0n) is 7.77. The highest BCUT2D eigenvalue weighted by Gasteiger charge is 2.31. The summed E-state index contributed by atoms with van der Waals surface area (Å²) >= 11 is 5.30. The van der Waals surface area contributed by atoms with Gasteiger partial charge in [-0.3, -0.25) is 4.79 Å². The van der Waals surface area contributed by atoms with Crippen LogP contribution in [0.15, 0.2) is 18.2 Å². The largest absolute Gasteiger partial charge is 0.280 e. The summed E-state index contributed by atoms with van der Waals surface area (Å²) in [5.41, 5.74) is -1.24. The number of halogens is 3. The van der Waals surface area contributed by atoms with Crippen LogP contribution in [0.25, 0.3) is 0 Å². The summed E-state index contributed by atoms with van der Waals surface area (Å²) in [6.07, 6.45) is 0. The first-order valence-electron chi connectivity index (χ1n) is 4.02. The fourth-order valence-electron chi connectivity index (χ4n) is 1.09. The summed E-state index contributed by atoms with van der Waals surface area (Å²) in [7, 11) is 0. The third-order valence-electron chi connectivity index (χ3n) is 2.12. The zero-order valence-corrected chi connectivity index (χ0v) is 8.53. The van der Waals surface area contributed by atoms with Crippen LogP contribution in [0.5, 0.6) is 0 Å². The third kappa shape index (κ3) is 1.77. The highest BCUT2D eigenvalue weighted by atomic mass is 35.5. The molecule has 0 aliphatic rings. The minimum absolute atomic E-state index is 0.0301. The quantitative estimate of drug-likeness (QED) is 0.698. The molecule has 0 heterocycles. The first kappa shape index (κ1) is 11.1. The van der Waals surface area contributed by atoms with E-state index in [1.807, 2.05) is 0 Å². The molecule has 0 saturated heterocycles. The summed E-state index contributed by atoms with van der Waals surface area (Å²) < 4.78 is 26.1. The van der Waals surface area contributed by atoms with Crippen molar-refractivity contribution in [3.63, 3.8) is 0 Å². The Morgan fingerprint density at radius 2 is 1.93 bits per heavy atom. The van der Waals surface area contributed by atoms with Gasteiger partial charge in [-0.05, 0) is 31.5 Å². The van der Waals surface area contributed by atoms with Crippen LogP contribution in [0.2, 0.25) is 0 Å². The van der Waals surface area contributed by atoms with Crippen LogP contribution in [0, 0.1) is 11.6 Å². The minimum atomic E-state index is -1.21. The molecule has 1 rings (SSSR count). The van der Waals surface area contributed by atoms with E-state index in [0.717, 1.165) is 6.07 Å². The Balaban J connectivity index is 3.33. The average Bonchev–Trinajstić information content (AvgIpc) is 2.09. The number of hydrogen-bond acceptors (Lipinski definition) is 1. The molecule has 0 unspecified atom stereocenters. The number of carbonyl (C=O) groups is 1. The van der Waals surface area contributed by atoms with Gasteiger partial charge in [-0.25, -0.2) is 8.78 Å². The molecule has 14 heavy (non-hydrogen) atoms. The van der Waals surface area contributed by atoms with Gasteiger partial charge in [0, 0.05) is 5.56 Å². The molecule has 0 aliphatic carbocycles. The number of benzene rings is 1. The molecule has 0 N–H and O–H groups in total. The van der Waals surface area contributed by atoms with Crippen molar-refractivity contribution in [2.45, 2.75) is 19.3 Å². The van der Waals surface area contributed by atoms with Gasteiger partial charge in [0.05, 0.1) is 5.41 Å². The van der Waals surface area contributed by atoms with E-state index in [-0.39, 0.29) is 5.56 Å². The topological polar surface area (TPSA) is 17.1 Å². The van der Waals surface area contributed by atoms with Gasteiger partial charge in [0.15, 0.2) is 11.6 Å². The molecule has 1 nitrogen and oxygen atoms in total. The Kier molecular flexibility index (Phi) is 2.90. The lowest BCUT2D eigenvalue weighted by atomic mass is 9.85. The van der Waals surface area contributed by atoms with Gasteiger partial charge in [0.1, 0.15) is 0 Å². The molecule has 0 saturated carbocycles. The van der Waals surface area contributed by atoms with Gasteiger partial charge < -0.3 is 0 Å². The molecule has 1 aromatic rings. The van der Waals surface area contributed by atoms with Crippen molar-refractivity contribution in [2.24, 2.45) is 0 Å². The Hall–Kier alpha value is -0.960. The molecule has 0 fully saturated rings. The van der Waals surface area contributed by atoms with Crippen LogP contribution in [0.1, 0.15) is 19.4 Å². The lowest BCUT2D eigenvalue weighted by Gasteiger charge is -2.20. The van der Waals surface area contributed by atoms with Crippen molar-refractivity contribution in [1.82, 2.24) is 0 Å². The SMILES string of the molecule is CC(C)(C(=O)Cl)c1cccc(F)c1F. The second-order valence-corrected chi connectivity index (χ2v) is 3.84. The normalized spacial score (nSPS) is 11.5. The number of carbonyl (C=O) groups excluding carboxylic acids is 1. The van der Waals surface area contributed by atoms with E-state index in [4.69, 9.17) is 11.6 Å². The monoisotopic (exact) mass is 218 g/mol. The summed E-state index contributed by atoms with van der Waals surface area (Å²) in [4.78, 5) is 11.0. The maximum Gasteiger partial charge on any atom is 0.231 e. The summed E-state index contributed by atoms with van der Waals surface area (Å²) in [6, 6.07) is 3.68. The van der Waals surface area contributed by atoms with Crippen molar-refractivity contribution >= 4 is 16.8 Å². The zero-order chi connectivity index (χ0) is 10.9. The Morgan fingerprint density at radius 3 is 2.43 bits per heavy atom. The predicted octanol–water partition coefficient (Wildman–Crippen LogP) is 3.01. The first-order valence-corrected chi connectivity index (χ1v) is 4.39. The molecule has 76 valence electrons. The van der Waals surface area contributed by atoms with Gasteiger partial charge in [0.25, 0.3) is 0 Å². The molecule has 0 radical (unpaired) electrons. The number of rotatable bonds is 2. The highest BCUT2D eigenvalue weighted by molar-refractivity contribution is 6.65. The van der Waals surface area contributed by atoms with E-state index in [9.17, 15) is 13.6 Å². The highest BCUT2D eigenvalue weighted by Crippen LogP contribution is 2.29. The molecule has 0 atom stereocenters. The van der Waals surface area contributed by atoms with Crippen LogP contribution in [-0.2, 0) is 10.2 Å². The Morgan fingerprint density at radius 1 is 1.36 bits per heavy atom. The van der Waals surface area contributed by atoms with Crippen molar-refractivity contribution in [1.29, 1.82) is 0 Å². The molecule has 1 aromatic carbocycles. The van der Waals surface area contributed by atoms with E-state index in [2.05, 4.69) is 0 Å². The van der Waals surface area contributed by atoms with Crippen LogP contribution < -0.4 is 0 Å². The second kappa shape index (κ2) is 3.65. The van der Waals surface area contributed by atoms with Crippen molar-refractivity contribution in [3.05, 3.63) is 35.4 Å². The lowest BCUT2D eigenvalue weighted by Crippen LogP contribution is -2.26. The lowest BCUT2D eigenvalue weighted by molar-refractivity contribution is -0.115. The molecule has 0 aromatic heterocycles. The molecule has 0 amide bonds. The van der Waals surface area contributed by atoms with Gasteiger partial charge in [0.2, 0.25) is 5.24 Å². The van der Waals surface area contributed by atoms with Crippen LogP contribution in [-0.4, -0.2) is 5.24 Å². The fourth-order valence-corrected chi connectivity index (χ4v) is 1.19. The smallest absolute Gasteiger partial charge is 0.231 e. The third-order valence-corrected chi connectivity index (χ3v) is 2.59. The van der Waals surface area contributed by atoms with Crippen LogP contribution in [0.3, 0.4) is 0 Å². The molecular weight excluding hydrogens is 210 g/mol. The molecular formula is C10H9ClF2O. The standard InChI is InChI=1S/C10H9ClF2O/c1-10(2,9(11)14)6-4-3-5-7(12)8(6)13/h3-5H,1-2H3. The molecule has 0 spiro atoms.